The monoisotopic (exact) mass is 500 g/mol. The first-order chi connectivity index (χ1) is 16.0. The average Bonchev–Trinajstić information content (AvgIpc) is 3.22. The normalized spacial score (nSPS) is 25.0. The number of aliphatic hydroxyl groups is 2. The molecule has 2 aliphatic rings. The Labute approximate surface area is 197 Å². The number of hydrogen-bond donors (Lipinski definition) is 5. The summed E-state index contributed by atoms with van der Waals surface area (Å²) >= 11 is 1.04. The third-order valence-corrected chi connectivity index (χ3v) is 7.56. The van der Waals surface area contributed by atoms with Gasteiger partial charge in [0.1, 0.15) is 11.8 Å². The standard InChI is InChI=1S/C22H27F3N4O4S/c23-22(24,25)14-3-1-2-13(8-14)19(31)26-10-18(30)28-15-11-29(12-15)16-4-6-21(33,7-5-16)17-9-27-20(32)34-17/h1-3,8-9,15-16,19,26,31,33H,4-7,10-12H2,(H,27,32)(H,28,30). The van der Waals surface area contributed by atoms with Gasteiger partial charge in [0.15, 0.2) is 0 Å². The number of H-pyrrole nitrogens is 1. The molecule has 1 unspecified atom stereocenters. The lowest BCUT2D eigenvalue weighted by molar-refractivity contribution is -0.137. The summed E-state index contributed by atoms with van der Waals surface area (Å²) in [6.45, 7) is 1.11. The summed E-state index contributed by atoms with van der Waals surface area (Å²) < 4.78 is 38.5. The van der Waals surface area contributed by atoms with Crippen molar-refractivity contribution in [3.05, 3.63) is 56.1 Å². The highest BCUT2D eigenvalue weighted by atomic mass is 32.1. The first-order valence-electron chi connectivity index (χ1n) is 11.1. The fraction of sp³-hybridized carbons (Fsp3) is 0.545. The van der Waals surface area contributed by atoms with Crippen LogP contribution >= 0.6 is 11.3 Å². The summed E-state index contributed by atoms with van der Waals surface area (Å²) in [6.07, 6.45) is -1.62. The third kappa shape index (κ3) is 5.69. The van der Waals surface area contributed by atoms with Gasteiger partial charge in [-0.15, -0.1) is 0 Å². The molecule has 5 N–H and O–H groups in total. The van der Waals surface area contributed by atoms with Gasteiger partial charge in [-0.3, -0.25) is 19.8 Å². The molecule has 1 aliphatic carbocycles. The summed E-state index contributed by atoms with van der Waals surface area (Å²) in [6, 6.07) is 4.58. The lowest BCUT2D eigenvalue weighted by Crippen LogP contribution is -2.63. The molecule has 1 saturated carbocycles. The fourth-order valence-electron chi connectivity index (χ4n) is 4.58. The van der Waals surface area contributed by atoms with Crippen molar-refractivity contribution in [1.82, 2.24) is 20.5 Å². The number of nitrogens with zero attached hydrogens (tertiary/aromatic N) is 1. The first kappa shape index (κ1) is 24.9. The van der Waals surface area contributed by atoms with Gasteiger partial charge in [0.2, 0.25) is 5.91 Å². The number of aliphatic hydroxyl groups excluding tert-OH is 1. The number of aromatic nitrogens is 1. The van der Waals surface area contributed by atoms with Crippen molar-refractivity contribution in [3.63, 3.8) is 0 Å². The maximum absolute atomic E-state index is 12.8. The number of thiazole rings is 1. The first-order valence-corrected chi connectivity index (χ1v) is 11.9. The van der Waals surface area contributed by atoms with E-state index >= 15 is 0 Å². The molecule has 4 rings (SSSR count). The van der Waals surface area contributed by atoms with Crippen molar-refractivity contribution in [2.75, 3.05) is 19.6 Å². The Balaban J connectivity index is 1.17. The number of halogens is 3. The summed E-state index contributed by atoms with van der Waals surface area (Å²) in [5.41, 5.74) is -1.80. The van der Waals surface area contributed by atoms with Crippen LogP contribution in [0.4, 0.5) is 13.2 Å². The van der Waals surface area contributed by atoms with Gasteiger partial charge in [-0.1, -0.05) is 23.5 Å². The summed E-state index contributed by atoms with van der Waals surface area (Å²) in [5, 5.41) is 26.3. The molecular weight excluding hydrogens is 473 g/mol. The molecule has 1 aliphatic heterocycles. The van der Waals surface area contributed by atoms with Crippen molar-refractivity contribution in [1.29, 1.82) is 0 Å². The van der Waals surface area contributed by atoms with E-state index in [4.69, 9.17) is 0 Å². The zero-order valence-corrected chi connectivity index (χ0v) is 19.1. The number of likely N-dealkylation sites (tertiary alicyclic amines) is 1. The SMILES string of the molecule is O=C(CNC(O)c1cccc(C(F)(F)F)c1)NC1CN(C2CCC(O)(c3c[nH]c(=O)s3)CC2)C1. The highest BCUT2D eigenvalue weighted by Gasteiger charge is 2.41. The molecule has 0 spiro atoms. The van der Waals surface area contributed by atoms with E-state index in [-0.39, 0.29) is 28.9 Å². The number of hydrogen-bond acceptors (Lipinski definition) is 7. The van der Waals surface area contributed by atoms with E-state index in [0.717, 1.165) is 36.3 Å². The van der Waals surface area contributed by atoms with Crippen LogP contribution < -0.4 is 15.5 Å². The van der Waals surface area contributed by atoms with Gasteiger partial charge >= 0.3 is 11.0 Å². The smallest absolute Gasteiger partial charge is 0.384 e. The Bertz CT molecular complexity index is 1060. The Hall–Kier alpha value is -2.25. The van der Waals surface area contributed by atoms with E-state index in [1.807, 2.05) is 0 Å². The van der Waals surface area contributed by atoms with Crippen molar-refractivity contribution in [2.24, 2.45) is 0 Å². The molecule has 1 amide bonds. The summed E-state index contributed by atoms with van der Waals surface area (Å²) in [5.74, 6) is -0.351. The van der Waals surface area contributed by atoms with E-state index in [9.17, 15) is 33.0 Å². The Kier molecular flexibility index (Phi) is 7.15. The van der Waals surface area contributed by atoms with Crippen LogP contribution in [0.5, 0.6) is 0 Å². The Morgan fingerprint density at radius 1 is 1.29 bits per heavy atom. The van der Waals surface area contributed by atoms with E-state index < -0.39 is 23.6 Å². The number of carbonyl (C=O) groups excluding carboxylic acids is 1. The van der Waals surface area contributed by atoms with Crippen molar-refractivity contribution < 1.29 is 28.2 Å². The molecule has 2 fully saturated rings. The van der Waals surface area contributed by atoms with Crippen LogP contribution in [0.1, 0.15) is 47.9 Å². The minimum atomic E-state index is -4.51. The van der Waals surface area contributed by atoms with Crippen molar-refractivity contribution in [2.45, 2.75) is 55.8 Å². The number of nitrogens with one attached hydrogen (secondary N) is 3. The van der Waals surface area contributed by atoms with E-state index in [2.05, 4.69) is 20.5 Å². The zero-order chi connectivity index (χ0) is 24.5. The maximum Gasteiger partial charge on any atom is 0.416 e. The molecule has 8 nitrogen and oxygen atoms in total. The van der Waals surface area contributed by atoms with Crippen LogP contribution in [0, 0.1) is 0 Å². The topological polar surface area (TPSA) is 118 Å². The lowest BCUT2D eigenvalue weighted by atomic mass is 9.80. The highest BCUT2D eigenvalue weighted by molar-refractivity contribution is 7.09. The number of benzene rings is 1. The largest absolute Gasteiger partial charge is 0.416 e. The van der Waals surface area contributed by atoms with E-state index in [1.54, 1.807) is 6.20 Å². The van der Waals surface area contributed by atoms with Gasteiger partial charge in [-0.05, 0) is 43.4 Å². The minimum Gasteiger partial charge on any atom is -0.384 e. The average molecular weight is 501 g/mol. The molecular formula is C22H27F3N4O4S. The van der Waals surface area contributed by atoms with E-state index in [0.29, 0.717) is 36.9 Å². The summed E-state index contributed by atoms with van der Waals surface area (Å²) in [4.78, 5) is 28.9. The molecule has 34 heavy (non-hydrogen) atoms. The number of alkyl halides is 3. The summed E-state index contributed by atoms with van der Waals surface area (Å²) in [7, 11) is 0. The van der Waals surface area contributed by atoms with Crippen LogP contribution in [0.25, 0.3) is 0 Å². The van der Waals surface area contributed by atoms with Gasteiger partial charge in [0, 0.05) is 25.3 Å². The third-order valence-electron chi connectivity index (χ3n) is 6.54. The minimum absolute atomic E-state index is 0.0293. The molecule has 12 heteroatoms. The zero-order valence-electron chi connectivity index (χ0n) is 18.3. The van der Waals surface area contributed by atoms with Gasteiger partial charge in [-0.25, -0.2) is 0 Å². The molecule has 1 atom stereocenters. The van der Waals surface area contributed by atoms with Crippen molar-refractivity contribution >= 4 is 17.2 Å². The van der Waals surface area contributed by atoms with Crippen LogP contribution in [0.3, 0.4) is 0 Å². The predicted molar refractivity (Wildman–Crippen MR) is 119 cm³/mol. The Morgan fingerprint density at radius 3 is 2.62 bits per heavy atom. The molecule has 1 aromatic carbocycles. The molecule has 1 saturated heterocycles. The fourth-order valence-corrected chi connectivity index (χ4v) is 5.41. The molecule has 2 aromatic rings. The molecule has 186 valence electrons. The van der Waals surface area contributed by atoms with E-state index in [1.165, 1.54) is 12.1 Å². The Morgan fingerprint density at radius 2 is 2.00 bits per heavy atom. The van der Waals surface area contributed by atoms with Crippen molar-refractivity contribution in [3.8, 4) is 0 Å². The molecule has 0 radical (unpaired) electrons. The lowest BCUT2D eigenvalue weighted by Gasteiger charge is -2.48. The predicted octanol–water partition coefficient (Wildman–Crippen LogP) is 1.67. The number of carbonyl (C=O) groups is 1. The number of rotatable bonds is 7. The van der Waals surface area contributed by atoms with Crippen LogP contribution in [0.15, 0.2) is 35.3 Å². The number of amides is 1. The van der Waals surface area contributed by atoms with Crippen LogP contribution in [-0.4, -0.2) is 57.7 Å². The maximum atomic E-state index is 12.8. The molecule has 0 bridgehead atoms. The second-order valence-corrected chi connectivity index (χ2v) is 9.94. The van der Waals surface area contributed by atoms with Crippen LogP contribution in [0.2, 0.25) is 0 Å². The van der Waals surface area contributed by atoms with Gasteiger partial charge < -0.3 is 20.5 Å². The molecule has 2 heterocycles. The van der Waals surface area contributed by atoms with Gasteiger partial charge in [-0.2, -0.15) is 13.2 Å². The van der Waals surface area contributed by atoms with Gasteiger partial charge in [0.25, 0.3) is 0 Å². The molecule has 1 aromatic heterocycles. The second-order valence-electron chi connectivity index (χ2n) is 8.93. The highest BCUT2D eigenvalue weighted by Crippen LogP contribution is 2.40. The number of aromatic amines is 1. The second kappa shape index (κ2) is 9.78. The van der Waals surface area contributed by atoms with Gasteiger partial charge in [0.05, 0.1) is 23.0 Å². The quantitative estimate of drug-likeness (QED) is 0.369. The van der Waals surface area contributed by atoms with Crippen LogP contribution in [-0.2, 0) is 16.6 Å².